The van der Waals surface area contributed by atoms with E-state index in [9.17, 15) is 13.2 Å². The van der Waals surface area contributed by atoms with Crippen molar-refractivity contribution in [2.75, 3.05) is 26.3 Å². The molecule has 0 atom stereocenters. The summed E-state index contributed by atoms with van der Waals surface area (Å²) in [6, 6.07) is 12.0. The summed E-state index contributed by atoms with van der Waals surface area (Å²) in [6.07, 6.45) is 0. The van der Waals surface area contributed by atoms with E-state index in [-0.39, 0.29) is 35.2 Å². The molecule has 1 aliphatic heterocycles. The quantitative estimate of drug-likeness (QED) is 0.642. The maximum absolute atomic E-state index is 12.9. The van der Waals surface area contributed by atoms with Crippen LogP contribution in [0.15, 0.2) is 47.4 Å². The van der Waals surface area contributed by atoms with Gasteiger partial charge in [-0.15, -0.1) is 0 Å². The molecule has 0 radical (unpaired) electrons. The van der Waals surface area contributed by atoms with Crippen molar-refractivity contribution in [2.24, 2.45) is 0 Å². The summed E-state index contributed by atoms with van der Waals surface area (Å²) < 4.78 is 37.6. The van der Waals surface area contributed by atoms with Crippen LogP contribution in [0.4, 0.5) is 0 Å². The van der Waals surface area contributed by atoms with Crippen LogP contribution in [-0.4, -0.2) is 45.0 Å². The molecule has 2 aromatic carbocycles. The van der Waals surface area contributed by atoms with Gasteiger partial charge in [-0.25, -0.2) is 13.2 Å². The van der Waals surface area contributed by atoms with E-state index in [2.05, 4.69) is 13.8 Å². The molecule has 2 aromatic rings. The van der Waals surface area contributed by atoms with Gasteiger partial charge in [0.25, 0.3) is 0 Å². The van der Waals surface area contributed by atoms with E-state index in [0.29, 0.717) is 19.1 Å². The zero-order chi connectivity index (χ0) is 21.0. The smallest absolute Gasteiger partial charge is 0.338 e. The summed E-state index contributed by atoms with van der Waals surface area (Å²) in [5, 5.41) is 0.0670. The molecular formula is C21H24ClNO5S. The summed E-state index contributed by atoms with van der Waals surface area (Å²) in [4.78, 5) is 12.4. The fraction of sp³-hybridized carbons (Fsp3) is 0.381. The second-order valence-corrected chi connectivity index (χ2v) is 9.45. The third-order valence-corrected chi connectivity index (χ3v) is 7.15. The molecular weight excluding hydrogens is 414 g/mol. The molecule has 8 heteroatoms. The van der Waals surface area contributed by atoms with Crippen LogP contribution in [0.25, 0.3) is 0 Å². The highest BCUT2D eigenvalue weighted by Gasteiger charge is 2.29. The van der Waals surface area contributed by atoms with Gasteiger partial charge in [0, 0.05) is 13.1 Å². The molecule has 0 N–H and O–H groups in total. The van der Waals surface area contributed by atoms with Crippen LogP contribution in [0.1, 0.15) is 41.3 Å². The van der Waals surface area contributed by atoms with E-state index in [1.54, 1.807) is 0 Å². The van der Waals surface area contributed by atoms with E-state index in [1.165, 1.54) is 28.1 Å². The number of esters is 1. The number of hydrogen-bond acceptors (Lipinski definition) is 5. The zero-order valence-electron chi connectivity index (χ0n) is 16.4. The molecule has 0 saturated carbocycles. The number of halogens is 1. The van der Waals surface area contributed by atoms with Crippen molar-refractivity contribution in [2.45, 2.75) is 31.3 Å². The fourth-order valence-electron chi connectivity index (χ4n) is 2.99. The van der Waals surface area contributed by atoms with Crippen LogP contribution in [-0.2, 0) is 26.1 Å². The molecule has 1 saturated heterocycles. The lowest BCUT2D eigenvalue weighted by Gasteiger charge is -2.26. The number of carbonyl (C=O) groups excluding carboxylic acids is 1. The molecule has 0 unspecified atom stereocenters. The van der Waals surface area contributed by atoms with Crippen LogP contribution in [0.2, 0.25) is 5.02 Å². The number of nitrogens with zero attached hydrogens (tertiary/aromatic N) is 1. The average molecular weight is 438 g/mol. The Morgan fingerprint density at radius 2 is 1.79 bits per heavy atom. The summed E-state index contributed by atoms with van der Waals surface area (Å²) >= 11 is 6.13. The molecule has 0 aromatic heterocycles. The third kappa shape index (κ3) is 5.17. The minimum atomic E-state index is -3.82. The lowest BCUT2D eigenvalue weighted by atomic mass is 10.0. The summed E-state index contributed by atoms with van der Waals surface area (Å²) in [5.41, 5.74) is 2.20. The first-order valence-corrected chi connectivity index (χ1v) is 11.2. The average Bonchev–Trinajstić information content (AvgIpc) is 2.73. The topological polar surface area (TPSA) is 72.9 Å². The second-order valence-electron chi connectivity index (χ2n) is 7.13. The Labute approximate surface area is 176 Å². The molecule has 0 spiro atoms. The normalized spacial score (nSPS) is 15.4. The molecule has 0 aliphatic carbocycles. The maximum Gasteiger partial charge on any atom is 0.338 e. The number of sulfonamides is 1. The first kappa shape index (κ1) is 21.8. The van der Waals surface area contributed by atoms with Gasteiger partial charge in [-0.3, -0.25) is 0 Å². The second kappa shape index (κ2) is 9.26. The molecule has 6 nitrogen and oxygen atoms in total. The van der Waals surface area contributed by atoms with Gasteiger partial charge in [0.1, 0.15) is 11.5 Å². The zero-order valence-corrected chi connectivity index (χ0v) is 18.0. The number of benzene rings is 2. The highest BCUT2D eigenvalue weighted by atomic mass is 35.5. The first-order valence-electron chi connectivity index (χ1n) is 9.42. The number of ether oxygens (including phenoxy) is 2. The minimum absolute atomic E-state index is 0.0670. The van der Waals surface area contributed by atoms with Gasteiger partial charge in [0.05, 0.1) is 23.8 Å². The largest absolute Gasteiger partial charge is 0.457 e. The number of carbonyl (C=O) groups is 1. The molecule has 1 aliphatic rings. The van der Waals surface area contributed by atoms with E-state index in [4.69, 9.17) is 21.1 Å². The Kier molecular flexibility index (Phi) is 6.95. The van der Waals surface area contributed by atoms with E-state index in [0.717, 1.165) is 5.56 Å². The monoisotopic (exact) mass is 437 g/mol. The summed E-state index contributed by atoms with van der Waals surface area (Å²) in [6.45, 7) is 5.48. The van der Waals surface area contributed by atoms with Crippen molar-refractivity contribution in [3.8, 4) is 0 Å². The standard InChI is InChI=1S/C21H24ClNO5S/c1-15(2)17-5-3-16(4-6-17)14-28-21(24)18-7-8-19(22)20(13-18)29(25,26)23-9-11-27-12-10-23/h3-8,13,15H,9-12,14H2,1-2H3. The number of morpholine rings is 1. The molecule has 3 rings (SSSR count). The van der Waals surface area contributed by atoms with Gasteiger partial charge in [-0.1, -0.05) is 49.7 Å². The van der Waals surface area contributed by atoms with Gasteiger partial charge in [-0.2, -0.15) is 4.31 Å². The van der Waals surface area contributed by atoms with Crippen molar-refractivity contribution < 1.29 is 22.7 Å². The van der Waals surface area contributed by atoms with Crippen LogP contribution in [0.3, 0.4) is 0 Å². The predicted octanol–water partition coefficient (Wildman–Crippen LogP) is 3.84. The van der Waals surface area contributed by atoms with Crippen LogP contribution < -0.4 is 0 Å². The number of rotatable bonds is 6. The number of hydrogen-bond donors (Lipinski definition) is 0. The summed E-state index contributed by atoms with van der Waals surface area (Å²) in [7, 11) is -3.82. The van der Waals surface area contributed by atoms with Crippen molar-refractivity contribution in [1.82, 2.24) is 4.31 Å². The Morgan fingerprint density at radius 1 is 1.14 bits per heavy atom. The lowest BCUT2D eigenvalue weighted by Crippen LogP contribution is -2.40. The van der Waals surface area contributed by atoms with Gasteiger partial charge in [0.2, 0.25) is 10.0 Å². The van der Waals surface area contributed by atoms with Gasteiger partial charge in [-0.05, 0) is 35.2 Å². The molecule has 0 bridgehead atoms. The molecule has 0 amide bonds. The highest BCUT2D eigenvalue weighted by molar-refractivity contribution is 7.89. The van der Waals surface area contributed by atoms with Crippen molar-refractivity contribution in [3.05, 3.63) is 64.2 Å². The van der Waals surface area contributed by atoms with Crippen LogP contribution in [0.5, 0.6) is 0 Å². The van der Waals surface area contributed by atoms with Gasteiger partial charge >= 0.3 is 5.97 Å². The Hall–Kier alpha value is -1.93. The van der Waals surface area contributed by atoms with Crippen LogP contribution >= 0.6 is 11.6 Å². The molecule has 156 valence electrons. The Morgan fingerprint density at radius 3 is 2.41 bits per heavy atom. The minimum Gasteiger partial charge on any atom is -0.457 e. The Balaban J connectivity index is 1.73. The van der Waals surface area contributed by atoms with Crippen LogP contribution in [0, 0.1) is 0 Å². The SMILES string of the molecule is CC(C)c1ccc(COC(=O)c2ccc(Cl)c(S(=O)(=O)N3CCOCC3)c2)cc1. The van der Waals surface area contributed by atoms with Crippen molar-refractivity contribution in [3.63, 3.8) is 0 Å². The van der Waals surface area contributed by atoms with Gasteiger partial charge < -0.3 is 9.47 Å². The van der Waals surface area contributed by atoms with Gasteiger partial charge in [0.15, 0.2) is 0 Å². The van der Waals surface area contributed by atoms with E-state index < -0.39 is 16.0 Å². The molecule has 29 heavy (non-hydrogen) atoms. The van der Waals surface area contributed by atoms with Crippen molar-refractivity contribution in [1.29, 1.82) is 0 Å². The van der Waals surface area contributed by atoms with E-state index in [1.807, 2.05) is 24.3 Å². The molecule has 1 heterocycles. The lowest BCUT2D eigenvalue weighted by molar-refractivity contribution is 0.0472. The van der Waals surface area contributed by atoms with Crippen molar-refractivity contribution >= 4 is 27.6 Å². The highest BCUT2D eigenvalue weighted by Crippen LogP contribution is 2.27. The Bertz CT molecular complexity index is 967. The fourth-order valence-corrected chi connectivity index (χ4v) is 4.89. The third-order valence-electron chi connectivity index (χ3n) is 4.77. The molecule has 1 fully saturated rings. The first-order chi connectivity index (χ1) is 13.8. The van der Waals surface area contributed by atoms with E-state index >= 15 is 0 Å². The maximum atomic E-state index is 12.9. The predicted molar refractivity (Wildman–Crippen MR) is 111 cm³/mol. The summed E-state index contributed by atoms with van der Waals surface area (Å²) in [5.74, 6) is -0.180.